The van der Waals surface area contributed by atoms with E-state index in [-0.39, 0.29) is 29.5 Å². The molecule has 6 nitrogen and oxygen atoms in total. The van der Waals surface area contributed by atoms with Crippen LogP contribution < -0.4 is 11.1 Å². The van der Waals surface area contributed by atoms with E-state index in [0.29, 0.717) is 0 Å². The van der Waals surface area contributed by atoms with Gasteiger partial charge in [0, 0.05) is 18.2 Å². The zero-order chi connectivity index (χ0) is 21.2. The molecule has 0 aliphatic rings. The van der Waals surface area contributed by atoms with Crippen molar-refractivity contribution in [2.45, 2.75) is 12.5 Å². The Hall–Kier alpha value is -3.71. The van der Waals surface area contributed by atoms with Crippen LogP contribution in [-0.4, -0.2) is 22.1 Å². The summed E-state index contributed by atoms with van der Waals surface area (Å²) in [5.41, 5.74) is 7.32. The van der Waals surface area contributed by atoms with E-state index in [2.05, 4.69) is 5.32 Å². The molecule has 7 heteroatoms. The number of carbonyl (C=O) groups excluding carboxylic acids is 1. The summed E-state index contributed by atoms with van der Waals surface area (Å²) < 4.78 is 12.8. The van der Waals surface area contributed by atoms with Gasteiger partial charge in [0.05, 0.1) is 0 Å². The van der Waals surface area contributed by atoms with E-state index in [9.17, 15) is 14.0 Å². The number of carbonyl (C=O) groups is 2. The molecular formula is C22H21FN2O4. The first-order valence-electron chi connectivity index (χ1n) is 8.74. The normalized spacial score (nSPS) is 11.0. The van der Waals surface area contributed by atoms with Crippen LogP contribution in [0.1, 0.15) is 28.4 Å². The first-order valence-corrected chi connectivity index (χ1v) is 8.74. The van der Waals surface area contributed by atoms with Gasteiger partial charge in [0.1, 0.15) is 17.1 Å². The van der Waals surface area contributed by atoms with Gasteiger partial charge < -0.3 is 21.3 Å². The molecule has 0 aliphatic carbocycles. The van der Waals surface area contributed by atoms with Crippen LogP contribution in [0.25, 0.3) is 0 Å². The van der Waals surface area contributed by atoms with Crippen LogP contribution in [0, 0.1) is 5.82 Å². The number of hydrogen-bond donors (Lipinski definition) is 4. The fraction of sp³-hybridized carbons (Fsp3) is 0.0909. The Morgan fingerprint density at radius 1 is 0.931 bits per heavy atom. The second kappa shape index (κ2) is 10.6. The molecule has 0 radical (unpaired) electrons. The Balaban J connectivity index is 0.000000253. The Morgan fingerprint density at radius 3 is 2.07 bits per heavy atom. The van der Waals surface area contributed by atoms with Gasteiger partial charge in [-0.05, 0) is 42.0 Å². The van der Waals surface area contributed by atoms with Crippen molar-refractivity contribution in [2.24, 2.45) is 5.73 Å². The van der Waals surface area contributed by atoms with Gasteiger partial charge in [-0.1, -0.05) is 42.5 Å². The molecule has 0 spiro atoms. The van der Waals surface area contributed by atoms with E-state index >= 15 is 0 Å². The molecule has 3 rings (SSSR count). The molecular weight excluding hydrogens is 375 g/mol. The molecule has 29 heavy (non-hydrogen) atoms. The molecule has 0 saturated heterocycles. The van der Waals surface area contributed by atoms with Gasteiger partial charge in [0.15, 0.2) is 0 Å². The molecule has 3 aromatic carbocycles. The highest BCUT2D eigenvalue weighted by atomic mass is 19.1. The number of aromatic carboxylic acids is 1. The van der Waals surface area contributed by atoms with Crippen LogP contribution in [0.2, 0.25) is 0 Å². The van der Waals surface area contributed by atoms with E-state index in [1.807, 2.05) is 18.2 Å². The molecule has 3 aromatic rings. The maximum Gasteiger partial charge on any atom is 0.339 e. The average molecular weight is 396 g/mol. The van der Waals surface area contributed by atoms with Gasteiger partial charge in [0.2, 0.25) is 5.91 Å². The predicted molar refractivity (Wildman–Crippen MR) is 108 cm³/mol. The Morgan fingerprint density at radius 2 is 1.52 bits per heavy atom. The van der Waals surface area contributed by atoms with Crippen LogP contribution in [-0.2, 0) is 4.79 Å². The van der Waals surface area contributed by atoms with Crippen molar-refractivity contribution < 1.29 is 24.2 Å². The molecule has 0 aliphatic heterocycles. The standard InChI is InChI=1S/C15H15FN2O.C7H6O3/c16-12-8-6-11(7-9-12)14(17)10-15(19)18-13-4-2-1-3-5-13;8-6-4-2-1-3-5(6)7(9)10/h1-9,14H,10,17H2,(H,18,19);1-4,8H,(H,9,10)/t14-;/m0./s1. The summed E-state index contributed by atoms with van der Waals surface area (Å²) in [4.78, 5) is 22.1. The molecule has 0 heterocycles. The summed E-state index contributed by atoms with van der Waals surface area (Å²) in [6.45, 7) is 0. The minimum absolute atomic E-state index is 0.0671. The first-order chi connectivity index (χ1) is 13.9. The molecule has 1 atom stereocenters. The summed E-state index contributed by atoms with van der Waals surface area (Å²) in [7, 11) is 0. The molecule has 0 bridgehead atoms. The van der Waals surface area contributed by atoms with Crippen LogP contribution in [0.3, 0.4) is 0 Å². The van der Waals surface area contributed by atoms with Crippen LogP contribution >= 0.6 is 0 Å². The average Bonchev–Trinajstić information content (AvgIpc) is 2.69. The summed E-state index contributed by atoms with van der Waals surface area (Å²) in [5, 5.41) is 20.1. The number of rotatable bonds is 5. The third-order valence-corrected chi connectivity index (χ3v) is 3.90. The van der Waals surface area contributed by atoms with Gasteiger partial charge in [-0.25, -0.2) is 9.18 Å². The van der Waals surface area contributed by atoms with Crippen LogP contribution in [0.4, 0.5) is 10.1 Å². The van der Waals surface area contributed by atoms with Crippen molar-refractivity contribution in [2.75, 3.05) is 5.32 Å². The lowest BCUT2D eigenvalue weighted by atomic mass is 10.0. The topological polar surface area (TPSA) is 113 Å². The lowest BCUT2D eigenvalue weighted by molar-refractivity contribution is -0.116. The van der Waals surface area contributed by atoms with Crippen molar-refractivity contribution >= 4 is 17.6 Å². The van der Waals surface area contributed by atoms with E-state index < -0.39 is 12.0 Å². The maximum absolute atomic E-state index is 12.8. The number of para-hydroxylation sites is 2. The number of hydrogen-bond acceptors (Lipinski definition) is 4. The highest BCUT2D eigenvalue weighted by Gasteiger charge is 2.12. The van der Waals surface area contributed by atoms with E-state index in [1.54, 1.807) is 36.4 Å². The van der Waals surface area contributed by atoms with Crippen molar-refractivity contribution in [1.82, 2.24) is 0 Å². The molecule has 0 unspecified atom stereocenters. The number of anilines is 1. The van der Waals surface area contributed by atoms with E-state index in [1.165, 1.54) is 24.3 Å². The SMILES string of the molecule is N[C@@H](CC(=O)Nc1ccccc1)c1ccc(F)cc1.O=C(O)c1ccccc1O. The summed E-state index contributed by atoms with van der Waals surface area (Å²) in [5.74, 6) is -1.79. The minimum Gasteiger partial charge on any atom is -0.507 e. The molecule has 150 valence electrons. The summed E-state index contributed by atoms with van der Waals surface area (Å²) >= 11 is 0. The number of aromatic hydroxyl groups is 1. The monoisotopic (exact) mass is 396 g/mol. The van der Waals surface area contributed by atoms with Crippen molar-refractivity contribution in [3.8, 4) is 5.75 Å². The number of carboxylic acids is 1. The number of nitrogens with one attached hydrogen (secondary N) is 1. The van der Waals surface area contributed by atoms with Gasteiger partial charge in [-0.3, -0.25) is 4.79 Å². The van der Waals surface area contributed by atoms with Crippen molar-refractivity contribution in [3.63, 3.8) is 0 Å². The summed E-state index contributed by atoms with van der Waals surface area (Å²) in [6, 6.07) is 20.4. The third-order valence-electron chi connectivity index (χ3n) is 3.90. The number of benzene rings is 3. The Kier molecular flexibility index (Phi) is 7.88. The smallest absolute Gasteiger partial charge is 0.339 e. The summed E-state index contributed by atoms with van der Waals surface area (Å²) in [6.07, 6.45) is 0.153. The highest BCUT2D eigenvalue weighted by molar-refractivity contribution is 5.91. The van der Waals surface area contributed by atoms with Gasteiger partial charge in [-0.15, -0.1) is 0 Å². The predicted octanol–water partition coefficient (Wildman–Crippen LogP) is 3.94. The van der Waals surface area contributed by atoms with Gasteiger partial charge >= 0.3 is 5.97 Å². The van der Waals surface area contributed by atoms with Crippen molar-refractivity contribution in [3.05, 3.63) is 95.8 Å². The van der Waals surface area contributed by atoms with E-state index in [4.69, 9.17) is 15.9 Å². The zero-order valence-electron chi connectivity index (χ0n) is 15.5. The number of halogens is 1. The first kappa shape index (κ1) is 21.6. The number of carboxylic acid groups (broad SMARTS) is 1. The Bertz CT molecular complexity index is 947. The highest BCUT2D eigenvalue weighted by Crippen LogP contribution is 2.16. The van der Waals surface area contributed by atoms with E-state index in [0.717, 1.165) is 11.3 Å². The molecule has 0 saturated carbocycles. The molecule has 0 aromatic heterocycles. The number of nitrogens with two attached hydrogens (primary N) is 1. The number of phenols is 1. The quantitative estimate of drug-likeness (QED) is 0.522. The second-order valence-electron chi connectivity index (χ2n) is 6.10. The van der Waals surface area contributed by atoms with Crippen molar-refractivity contribution in [1.29, 1.82) is 0 Å². The van der Waals surface area contributed by atoms with Gasteiger partial charge in [0.25, 0.3) is 0 Å². The fourth-order valence-corrected chi connectivity index (χ4v) is 2.42. The molecule has 0 fully saturated rings. The largest absolute Gasteiger partial charge is 0.507 e. The fourth-order valence-electron chi connectivity index (χ4n) is 2.42. The lowest BCUT2D eigenvalue weighted by Crippen LogP contribution is -2.20. The molecule has 5 N–H and O–H groups in total. The maximum atomic E-state index is 12.8. The second-order valence-corrected chi connectivity index (χ2v) is 6.10. The lowest BCUT2D eigenvalue weighted by Gasteiger charge is -2.12. The minimum atomic E-state index is -1.11. The zero-order valence-corrected chi connectivity index (χ0v) is 15.5. The third kappa shape index (κ3) is 7.08. The number of amides is 1. The van der Waals surface area contributed by atoms with Gasteiger partial charge in [-0.2, -0.15) is 0 Å². The van der Waals surface area contributed by atoms with Crippen LogP contribution in [0.5, 0.6) is 5.75 Å². The van der Waals surface area contributed by atoms with Crippen LogP contribution in [0.15, 0.2) is 78.9 Å². The molecule has 1 amide bonds. The Labute approximate surface area is 167 Å².